The maximum atomic E-state index is 6.38. The lowest BCUT2D eigenvalue weighted by molar-refractivity contribution is 0.391. The number of hydrogen-bond donors (Lipinski definition) is 1. The van der Waals surface area contributed by atoms with Gasteiger partial charge in [-0.3, -0.25) is 0 Å². The first kappa shape index (κ1) is 12.6. The molecule has 2 N–H and O–H groups in total. The lowest BCUT2D eigenvalue weighted by atomic mass is 9.76. The molecule has 1 aromatic carbocycles. The van der Waals surface area contributed by atoms with Crippen LogP contribution in [0.5, 0.6) is 0 Å². The largest absolute Gasteiger partial charge is 0.324 e. The van der Waals surface area contributed by atoms with E-state index in [0.717, 1.165) is 25.2 Å². The molecular formula is C16H25N. The summed E-state index contributed by atoms with van der Waals surface area (Å²) < 4.78 is 0. The Hall–Kier alpha value is -0.820. The van der Waals surface area contributed by atoms with Gasteiger partial charge in [0.2, 0.25) is 0 Å². The van der Waals surface area contributed by atoms with Gasteiger partial charge in [0.15, 0.2) is 0 Å². The Bertz CT molecular complexity index is 382. The fourth-order valence-electron chi connectivity index (χ4n) is 2.58. The molecule has 0 aromatic heterocycles. The van der Waals surface area contributed by atoms with Crippen LogP contribution < -0.4 is 5.73 Å². The molecule has 1 aliphatic carbocycles. The first-order chi connectivity index (χ1) is 7.85. The number of rotatable bonds is 4. The van der Waals surface area contributed by atoms with Crippen molar-refractivity contribution in [2.45, 2.75) is 57.9 Å². The predicted octanol–water partition coefficient (Wildman–Crippen LogP) is 3.65. The number of hydrogen-bond acceptors (Lipinski definition) is 1. The van der Waals surface area contributed by atoms with Crippen LogP contribution in [0.4, 0.5) is 0 Å². The summed E-state index contributed by atoms with van der Waals surface area (Å²) in [5.74, 6) is 0.721. The molecule has 1 aliphatic rings. The van der Waals surface area contributed by atoms with Crippen molar-refractivity contribution in [3.05, 3.63) is 35.4 Å². The quantitative estimate of drug-likeness (QED) is 0.841. The van der Waals surface area contributed by atoms with Crippen molar-refractivity contribution in [2.75, 3.05) is 0 Å². The van der Waals surface area contributed by atoms with E-state index in [-0.39, 0.29) is 11.0 Å². The zero-order chi connectivity index (χ0) is 12.7. The van der Waals surface area contributed by atoms with Crippen LogP contribution in [0.2, 0.25) is 0 Å². The first-order valence-electron chi connectivity index (χ1n) is 6.73. The van der Waals surface area contributed by atoms with Gasteiger partial charge in [-0.25, -0.2) is 0 Å². The minimum Gasteiger partial charge on any atom is -0.324 e. The molecule has 1 fully saturated rings. The molecule has 0 saturated heterocycles. The summed E-state index contributed by atoms with van der Waals surface area (Å²) >= 11 is 0. The molecule has 1 aromatic rings. The second kappa shape index (κ2) is 4.13. The van der Waals surface area contributed by atoms with Gasteiger partial charge in [0, 0.05) is 11.0 Å². The van der Waals surface area contributed by atoms with Gasteiger partial charge >= 0.3 is 0 Å². The van der Waals surface area contributed by atoms with Crippen LogP contribution in [0, 0.1) is 5.92 Å². The van der Waals surface area contributed by atoms with Crippen molar-refractivity contribution < 1.29 is 0 Å². The Labute approximate surface area is 105 Å². The molecule has 2 rings (SSSR count). The summed E-state index contributed by atoms with van der Waals surface area (Å²) in [6.45, 7) is 9.07. The summed E-state index contributed by atoms with van der Waals surface area (Å²) in [5.41, 5.74) is 9.32. The average Bonchev–Trinajstić information content (AvgIpc) is 2.98. The Balaban J connectivity index is 2.18. The molecule has 0 unspecified atom stereocenters. The molecular weight excluding hydrogens is 206 g/mol. The first-order valence-corrected chi connectivity index (χ1v) is 6.73. The Morgan fingerprint density at radius 3 is 2.12 bits per heavy atom. The minimum absolute atomic E-state index is 0.0343. The lowest BCUT2D eigenvalue weighted by Gasteiger charge is -2.32. The fourth-order valence-corrected chi connectivity index (χ4v) is 2.58. The van der Waals surface area contributed by atoms with E-state index in [1.54, 1.807) is 0 Å². The lowest BCUT2D eigenvalue weighted by Crippen LogP contribution is -2.43. The van der Waals surface area contributed by atoms with E-state index < -0.39 is 0 Å². The monoisotopic (exact) mass is 231 g/mol. The molecule has 0 heterocycles. The van der Waals surface area contributed by atoms with Crippen LogP contribution in [0.25, 0.3) is 0 Å². The van der Waals surface area contributed by atoms with Crippen molar-refractivity contribution in [3.8, 4) is 0 Å². The molecule has 17 heavy (non-hydrogen) atoms. The fraction of sp³-hybridized carbons (Fsp3) is 0.625. The molecule has 0 atom stereocenters. The van der Waals surface area contributed by atoms with Gasteiger partial charge in [-0.05, 0) is 36.3 Å². The summed E-state index contributed by atoms with van der Waals surface area (Å²) in [7, 11) is 0. The summed E-state index contributed by atoms with van der Waals surface area (Å²) in [6, 6.07) is 9.07. The Kier molecular flexibility index (Phi) is 3.07. The van der Waals surface area contributed by atoms with Gasteiger partial charge in [0.1, 0.15) is 0 Å². The standard InChI is InChI=1S/C16H25N/c1-12(2)11-13-5-7-14(8-6-13)15(3,4)16(17)9-10-16/h5-8,12H,9-11,17H2,1-4H3. The predicted molar refractivity (Wildman–Crippen MR) is 74.2 cm³/mol. The van der Waals surface area contributed by atoms with Gasteiger partial charge in [0.05, 0.1) is 0 Å². The van der Waals surface area contributed by atoms with Crippen molar-refractivity contribution in [1.82, 2.24) is 0 Å². The van der Waals surface area contributed by atoms with Crippen molar-refractivity contribution in [3.63, 3.8) is 0 Å². The summed E-state index contributed by atoms with van der Waals surface area (Å²) in [6.07, 6.45) is 3.48. The third-order valence-corrected chi connectivity index (χ3v) is 4.35. The van der Waals surface area contributed by atoms with E-state index in [0.29, 0.717) is 0 Å². The van der Waals surface area contributed by atoms with Gasteiger partial charge in [0.25, 0.3) is 0 Å². The molecule has 0 aliphatic heterocycles. The normalized spacial score (nSPS) is 18.5. The highest BCUT2D eigenvalue weighted by Crippen LogP contribution is 2.49. The van der Waals surface area contributed by atoms with Crippen molar-refractivity contribution in [1.29, 1.82) is 0 Å². The van der Waals surface area contributed by atoms with Crippen LogP contribution in [0.1, 0.15) is 51.7 Å². The third kappa shape index (κ3) is 2.40. The molecule has 0 amide bonds. The van der Waals surface area contributed by atoms with Crippen LogP contribution in [-0.4, -0.2) is 5.54 Å². The molecule has 0 bridgehead atoms. The number of nitrogens with two attached hydrogens (primary N) is 1. The molecule has 1 saturated carbocycles. The molecule has 1 nitrogen and oxygen atoms in total. The highest BCUT2D eigenvalue weighted by Gasteiger charge is 2.51. The van der Waals surface area contributed by atoms with Crippen LogP contribution >= 0.6 is 0 Å². The highest BCUT2D eigenvalue weighted by molar-refractivity contribution is 5.34. The van der Waals surface area contributed by atoms with Crippen molar-refractivity contribution in [2.24, 2.45) is 11.7 Å². The smallest absolute Gasteiger partial charge is 0.0248 e. The van der Waals surface area contributed by atoms with Crippen molar-refractivity contribution >= 4 is 0 Å². The van der Waals surface area contributed by atoms with E-state index in [2.05, 4.69) is 52.0 Å². The van der Waals surface area contributed by atoms with Crippen LogP contribution in [0.15, 0.2) is 24.3 Å². The van der Waals surface area contributed by atoms with E-state index in [4.69, 9.17) is 5.73 Å². The van der Waals surface area contributed by atoms with E-state index in [1.807, 2.05) is 0 Å². The summed E-state index contributed by atoms with van der Waals surface area (Å²) in [5, 5.41) is 0. The highest BCUT2D eigenvalue weighted by atomic mass is 14.9. The average molecular weight is 231 g/mol. The second-order valence-corrected chi connectivity index (χ2v) is 6.58. The Morgan fingerprint density at radius 2 is 1.71 bits per heavy atom. The second-order valence-electron chi connectivity index (χ2n) is 6.58. The zero-order valence-corrected chi connectivity index (χ0v) is 11.6. The minimum atomic E-state index is 0.0343. The van der Waals surface area contributed by atoms with E-state index in [9.17, 15) is 0 Å². The van der Waals surface area contributed by atoms with Gasteiger partial charge in [-0.15, -0.1) is 0 Å². The summed E-state index contributed by atoms with van der Waals surface area (Å²) in [4.78, 5) is 0. The molecule has 1 heteroatoms. The SMILES string of the molecule is CC(C)Cc1ccc(C(C)(C)C2(N)CC2)cc1. The Morgan fingerprint density at radius 1 is 1.18 bits per heavy atom. The maximum Gasteiger partial charge on any atom is 0.0248 e. The van der Waals surface area contributed by atoms with E-state index in [1.165, 1.54) is 11.1 Å². The molecule has 94 valence electrons. The van der Waals surface area contributed by atoms with Crippen LogP contribution in [-0.2, 0) is 11.8 Å². The molecule has 0 spiro atoms. The number of benzene rings is 1. The third-order valence-electron chi connectivity index (χ3n) is 4.35. The van der Waals surface area contributed by atoms with Gasteiger partial charge in [-0.2, -0.15) is 0 Å². The van der Waals surface area contributed by atoms with Crippen LogP contribution in [0.3, 0.4) is 0 Å². The van der Waals surface area contributed by atoms with Gasteiger partial charge < -0.3 is 5.73 Å². The molecule has 0 radical (unpaired) electrons. The zero-order valence-electron chi connectivity index (χ0n) is 11.6. The maximum absolute atomic E-state index is 6.38. The topological polar surface area (TPSA) is 26.0 Å². The van der Waals surface area contributed by atoms with Gasteiger partial charge in [-0.1, -0.05) is 52.0 Å². The van der Waals surface area contributed by atoms with E-state index >= 15 is 0 Å².